The molecule has 0 heterocycles. The van der Waals surface area contributed by atoms with Gasteiger partial charge >= 0.3 is 5.97 Å². The van der Waals surface area contributed by atoms with Gasteiger partial charge in [-0.05, 0) is 37.0 Å². The molecule has 88 valence electrons. The highest BCUT2D eigenvalue weighted by atomic mass is 16.5. The summed E-state index contributed by atoms with van der Waals surface area (Å²) in [6, 6.07) is 7.39. The van der Waals surface area contributed by atoms with Crippen LogP contribution in [-0.4, -0.2) is 17.2 Å². The van der Waals surface area contributed by atoms with Gasteiger partial charge in [-0.2, -0.15) is 0 Å². The first-order valence-corrected chi connectivity index (χ1v) is 5.54. The van der Waals surface area contributed by atoms with Crippen LogP contribution in [0.2, 0.25) is 0 Å². The van der Waals surface area contributed by atoms with E-state index in [-0.39, 0.29) is 0 Å². The highest BCUT2D eigenvalue weighted by Gasteiger charge is 2.11. The van der Waals surface area contributed by atoms with E-state index in [1.165, 1.54) is 12.5 Å². The lowest BCUT2D eigenvalue weighted by Gasteiger charge is -2.10. The smallest absolute Gasteiger partial charge is 0.340 e. The zero-order chi connectivity index (χ0) is 12.1. The number of carbonyl (C=O) groups is 1. The lowest BCUT2D eigenvalue weighted by molar-refractivity contribution is -0.142. The molecule has 0 saturated carbocycles. The summed E-state index contributed by atoms with van der Waals surface area (Å²) in [5.74, 6) is 0.343. The summed E-state index contributed by atoms with van der Waals surface area (Å²) >= 11 is 0. The quantitative estimate of drug-likeness (QED) is 0.629. The van der Waals surface area contributed by atoms with Crippen LogP contribution >= 0.6 is 0 Å². The zero-order valence-electron chi connectivity index (χ0n) is 9.93. The van der Waals surface area contributed by atoms with Gasteiger partial charge in [0.2, 0.25) is 0 Å². The van der Waals surface area contributed by atoms with E-state index in [0.29, 0.717) is 11.7 Å². The van der Waals surface area contributed by atoms with Gasteiger partial charge in [-0.25, -0.2) is 4.79 Å². The van der Waals surface area contributed by atoms with E-state index < -0.39 is 12.1 Å². The minimum Gasteiger partial charge on any atom is -0.425 e. The fourth-order valence-corrected chi connectivity index (χ4v) is 1.30. The number of aliphatic hydroxyl groups is 1. The molecule has 1 N–H and O–H groups in total. The summed E-state index contributed by atoms with van der Waals surface area (Å²) in [6.45, 7) is 5.67. The number of esters is 1. The van der Waals surface area contributed by atoms with Gasteiger partial charge in [0.05, 0.1) is 0 Å². The summed E-state index contributed by atoms with van der Waals surface area (Å²) in [5.41, 5.74) is 1.22. The minimum absolute atomic E-state index is 0.470. The standard InChI is InChI=1S/C13H18O3/c1-4-9(2)11-5-7-12(8-6-11)16-13(15)10(3)14/h5-10,14H,4H2,1-3H3. The van der Waals surface area contributed by atoms with Gasteiger partial charge in [0.15, 0.2) is 0 Å². The van der Waals surface area contributed by atoms with Gasteiger partial charge in [0, 0.05) is 0 Å². The monoisotopic (exact) mass is 222 g/mol. The van der Waals surface area contributed by atoms with Crippen LogP contribution in [0.5, 0.6) is 5.75 Å². The highest BCUT2D eigenvalue weighted by molar-refractivity contribution is 5.76. The van der Waals surface area contributed by atoms with Gasteiger partial charge < -0.3 is 9.84 Å². The Kier molecular flexibility index (Phi) is 4.50. The van der Waals surface area contributed by atoms with Crippen molar-refractivity contribution in [1.82, 2.24) is 0 Å². The maximum absolute atomic E-state index is 11.1. The molecule has 3 heteroatoms. The summed E-state index contributed by atoms with van der Waals surface area (Å²) in [4.78, 5) is 11.1. The van der Waals surface area contributed by atoms with Crippen LogP contribution in [-0.2, 0) is 4.79 Å². The third-order valence-corrected chi connectivity index (χ3v) is 2.62. The molecule has 0 fully saturated rings. The summed E-state index contributed by atoms with van der Waals surface area (Å²) in [7, 11) is 0. The molecule has 16 heavy (non-hydrogen) atoms. The topological polar surface area (TPSA) is 46.5 Å². The van der Waals surface area contributed by atoms with Crippen LogP contribution < -0.4 is 4.74 Å². The number of ether oxygens (including phenoxy) is 1. The number of rotatable bonds is 4. The van der Waals surface area contributed by atoms with Crippen molar-refractivity contribution < 1.29 is 14.6 Å². The Labute approximate surface area is 96.1 Å². The highest BCUT2D eigenvalue weighted by Crippen LogP contribution is 2.21. The normalized spacial score (nSPS) is 14.2. The average molecular weight is 222 g/mol. The van der Waals surface area contributed by atoms with Crippen LogP contribution in [0.15, 0.2) is 24.3 Å². The Morgan fingerprint density at radius 1 is 1.31 bits per heavy atom. The van der Waals surface area contributed by atoms with Crippen LogP contribution in [0.1, 0.15) is 38.7 Å². The van der Waals surface area contributed by atoms with E-state index >= 15 is 0 Å². The molecule has 0 aliphatic carbocycles. The van der Waals surface area contributed by atoms with Gasteiger partial charge in [0.1, 0.15) is 11.9 Å². The molecule has 1 rings (SSSR count). The van der Waals surface area contributed by atoms with Gasteiger partial charge in [-0.3, -0.25) is 0 Å². The molecule has 0 bridgehead atoms. The molecule has 0 saturated heterocycles. The SMILES string of the molecule is CCC(C)c1ccc(OC(=O)C(C)O)cc1. The zero-order valence-corrected chi connectivity index (χ0v) is 9.93. The molecule has 2 unspecified atom stereocenters. The van der Waals surface area contributed by atoms with E-state index in [9.17, 15) is 4.79 Å². The summed E-state index contributed by atoms with van der Waals surface area (Å²) < 4.78 is 4.96. The van der Waals surface area contributed by atoms with Gasteiger partial charge in [-0.1, -0.05) is 26.0 Å². The van der Waals surface area contributed by atoms with Crippen LogP contribution in [0.4, 0.5) is 0 Å². The van der Waals surface area contributed by atoms with E-state index in [2.05, 4.69) is 13.8 Å². The largest absolute Gasteiger partial charge is 0.425 e. The molecule has 1 aromatic rings. The Morgan fingerprint density at radius 2 is 1.88 bits per heavy atom. The molecule has 0 amide bonds. The van der Waals surface area contributed by atoms with Crippen molar-refractivity contribution in [2.24, 2.45) is 0 Å². The number of carbonyl (C=O) groups excluding carboxylic acids is 1. The predicted octanol–water partition coefficient (Wildman–Crippen LogP) is 2.49. The van der Waals surface area contributed by atoms with Gasteiger partial charge in [-0.15, -0.1) is 0 Å². The van der Waals surface area contributed by atoms with E-state index in [4.69, 9.17) is 9.84 Å². The molecule has 0 radical (unpaired) electrons. The van der Waals surface area contributed by atoms with Crippen molar-refractivity contribution in [2.75, 3.05) is 0 Å². The molecule has 1 aromatic carbocycles. The molecular weight excluding hydrogens is 204 g/mol. The maximum atomic E-state index is 11.1. The fraction of sp³-hybridized carbons (Fsp3) is 0.462. The number of benzene rings is 1. The Hall–Kier alpha value is -1.35. The van der Waals surface area contributed by atoms with Crippen LogP contribution in [0.3, 0.4) is 0 Å². The fourth-order valence-electron chi connectivity index (χ4n) is 1.30. The van der Waals surface area contributed by atoms with Crippen molar-refractivity contribution in [3.05, 3.63) is 29.8 Å². The Morgan fingerprint density at radius 3 is 2.31 bits per heavy atom. The van der Waals surface area contributed by atoms with Crippen molar-refractivity contribution in [3.8, 4) is 5.75 Å². The van der Waals surface area contributed by atoms with E-state index in [1.807, 2.05) is 12.1 Å². The predicted molar refractivity (Wildman–Crippen MR) is 62.5 cm³/mol. The molecule has 3 nitrogen and oxygen atoms in total. The third-order valence-electron chi connectivity index (χ3n) is 2.62. The van der Waals surface area contributed by atoms with Crippen molar-refractivity contribution in [3.63, 3.8) is 0 Å². The summed E-state index contributed by atoms with van der Waals surface area (Å²) in [6.07, 6.45) is -0.0125. The second-order valence-corrected chi connectivity index (χ2v) is 3.98. The first kappa shape index (κ1) is 12.7. The Bertz CT molecular complexity index is 341. The third kappa shape index (κ3) is 3.35. The molecule has 2 atom stereocenters. The first-order chi connectivity index (χ1) is 7.54. The van der Waals surface area contributed by atoms with Crippen LogP contribution in [0, 0.1) is 0 Å². The average Bonchev–Trinajstić information content (AvgIpc) is 2.28. The Balaban J connectivity index is 2.68. The lowest BCUT2D eigenvalue weighted by Crippen LogP contribution is -2.22. The molecule has 0 aromatic heterocycles. The second-order valence-electron chi connectivity index (χ2n) is 3.98. The number of hydrogen-bond donors (Lipinski definition) is 1. The number of hydrogen-bond acceptors (Lipinski definition) is 3. The number of aliphatic hydroxyl groups excluding tert-OH is 1. The van der Waals surface area contributed by atoms with Crippen LogP contribution in [0.25, 0.3) is 0 Å². The van der Waals surface area contributed by atoms with E-state index in [1.54, 1.807) is 12.1 Å². The van der Waals surface area contributed by atoms with E-state index in [0.717, 1.165) is 6.42 Å². The van der Waals surface area contributed by atoms with Crippen molar-refractivity contribution in [2.45, 2.75) is 39.2 Å². The van der Waals surface area contributed by atoms with Gasteiger partial charge in [0.25, 0.3) is 0 Å². The molecular formula is C13H18O3. The van der Waals surface area contributed by atoms with Crippen molar-refractivity contribution >= 4 is 5.97 Å². The first-order valence-electron chi connectivity index (χ1n) is 5.54. The minimum atomic E-state index is -1.09. The summed E-state index contributed by atoms with van der Waals surface area (Å²) in [5, 5.41) is 8.99. The molecule has 0 aliphatic heterocycles. The van der Waals surface area contributed by atoms with Crippen molar-refractivity contribution in [1.29, 1.82) is 0 Å². The molecule has 0 spiro atoms. The lowest BCUT2D eigenvalue weighted by atomic mass is 9.99. The maximum Gasteiger partial charge on any atom is 0.340 e. The second kappa shape index (κ2) is 5.66. The molecule has 0 aliphatic rings.